The van der Waals surface area contributed by atoms with E-state index in [0.717, 1.165) is 5.69 Å². The van der Waals surface area contributed by atoms with Gasteiger partial charge in [-0.3, -0.25) is 0 Å². The fraction of sp³-hybridized carbons (Fsp3) is 0.300. The summed E-state index contributed by atoms with van der Waals surface area (Å²) in [6, 6.07) is 5.36. The predicted octanol–water partition coefficient (Wildman–Crippen LogP) is 1.71. The van der Waals surface area contributed by atoms with Crippen LogP contribution >= 0.6 is 0 Å². The highest BCUT2D eigenvalue weighted by atomic mass is 16.5. The number of ether oxygens (including phenoxy) is 2. The summed E-state index contributed by atoms with van der Waals surface area (Å²) in [6.07, 6.45) is 0. The van der Waals surface area contributed by atoms with Gasteiger partial charge in [0.15, 0.2) is 0 Å². The molecule has 14 heavy (non-hydrogen) atoms. The fourth-order valence-corrected chi connectivity index (χ4v) is 1.06. The van der Waals surface area contributed by atoms with Crippen molar-refractivity contribution in [2.24, 2.45) is 10.7 Å². The Bertz CT molecular complexity index is 322. The van der Waals surface area contributed by atoms with Gasteiger partial charge in [-0.15, -0.1) is 0 Å². The van der Waals surface area contributed by atoms with Gasteiger partial charge < -0.3 is 15.2 Å². The zero-order chi connectivity index (χ0) is 10.6. The zero-order valence-electron chi connectivity index (χ0n) is 8.57. The summed E-state index contributed by atoms with van der Waals surface area (Å²) < 4.78 is 10.2. The average Bonchev–Trinajstić information content (AvgIpc) is 2.16. The average molecular weight is 194 g/mol. The third-order valence-corrected chi connectivity index (χ3v) is 1.64. The van der Waals surface area contributed by atoms with Crippen LogP contribution < -0.4 is 15.2 Å². The van der Waals surface area contributed by atoms with Gasteiger partial charge in [0.2, 0.25) is 0 Å². The monoisotopic (exact) mass is 194 g/mol. The van der Waals surface area contributed by atoms with Gasteiger partial charge in [0.1, 0.15) is 11.5 Å². The highest BCUT2D eigenvalue weighted by molar-refractivity contribution is 5.80. The number of rotatable bonds is 3. The van der Waals surface area contributed by atoms with E-state index in [9.17, 15) is 0 Å². The van der Waals surface area contributed by atoms with E-state index in [1.54, 1.807) is 39.3 Å². The molecule has 0 unspecified atom stereocenters. The van der Waals surface area contributed by atoms with E-state index in [-0.39, 0.29) is 0 Å². The standard InChI is InChI=1S/C10H14N2O2/c1-7(11)12-8-4-9(13-2)6-10(5-8)14-3/h4-6H,1-3H3,(H2,11,12). The van der Waals surface area contributed by atoms with Gasteiger partial charge >= 0.3 is 0 Å². The van der Waals surface area contributed by atoms with E-state index in [0.29, 0.717) is 17.3 Å². The molecule has 0 aromatic heterocycles. The summed E-state index contributed by atoms with van der Waals surface area (Å²) in [5, 5.41) is 0. The second-order valence-electron chi connectivity index (χ2n) is 2.82. The largest absolute Gasteiger partial charge is 0.497 e. The molecule has 0 amide bonds. The minimum Gasteiger partial charge on any atom is -0.497 e. The number of benzene rings is 1. The van der Waals surface area contributed by atoms with E-state index in [2.05, 4.69) is 4.99 Å². The Morgan fingerprint density at radius 1 is 1.14 bits per heavy atom. The normalized spacial score (nSPS) is 11.2. The van der Waals surface area contributed by atoms with Crippen LogP contribution in [0.5, 0.6) is 11.5 Å². The van der Waals surface area contributed by atoms with Crippen molar-refractivity contribution in [3.8, 4) is 11.5 Å². The quantitative estimate of drug-likeness (QED) is 0.588. The number of aliphatic imine (C=N–C) groups is 1. The number of hydrogen-bond acceptors (Lipinski definition) is 3. The lowest BCUT2D eigenvalue weighted by molar-refractivity contribution is 0.394. The lowest BCUT2D eigenvalue weighted by atomic mass is 10.3. The molecule has 0 fully saturated rings. The molecule has 0 radical (unpaired) electrons. The molecule has 0 spiro atoms. The number of methoxy groups -OCH3 is 2. The molecule has 0 saturated heterocycles. The van der Waals surface area contributed by atoms with Crippen LogP contribution in [0.4, 0.5) is 5.69 Å². The molecule has 0 saturated carbocycles. The van der Waals surface area contributed by atoms with E-state index in [4.69, 9.17) is 15.2 Å². The van der Waals surface area contributed by atoms with E-state index in [1.807, 2.05) is 0 Å². The molecule has 2 N–H and O–H groups in total. The third-order valence-electron chi connectivity index (χ3n) is 1.64. The van der Waals surface area contributed by atoms with E-state index < -0.39 is 0 Å². The number of nitrogens with two attached hydrogens (primary N) is 1. The predicted molar refractivity (Wildman–Crippen MR) is 56.5 cm³/mol. The van der Waals surface area contributed by atoms with Crippen LogP contribution in [0.3, 0.4) is 0 Å². The van der Waals surface area contributed by atoms with Gasteiger partial charge in [0, 0.05) is 18.2 Å². The molecule has 0 aliphatic carbocycles. The van der Waals surface area contributed by atoms with Crippen molar-refractivity contribution < 1.29 is 9.47 Å². The zero-order valence-corrected chi connectivity index (χ0v) is 8.57. The molecule has 1 aromatic rings. The summed E-state index contributed by atoms with van der Waals surface area (Å²) in [5.74, 6) is 1.90. The maximum absolute atomic E-state index is 5.48. The highest BCUT2D eigenvalue weighted by Gasteiger charge is 2.00. The van der Waals surface area contributed by atoms with E-state index in [1.165, 1.54) is 0 Å². The molecule has 1 aromatic carbocycles. The number of hydrogen-bond donors (Lipinski definition) is 1. The molecule has 76 valence electrons. The molecule has 1 rings (SSSR count). The van der Waals surface area contributed by atoms with Crippen molar-refractivity contribution in [2.75, 3.05) is 14.2 Å². The Kier molecular flexibility index (Phi) is 3.34. The second kappa shape index (κ2) is 4.50. The van der Waals surface area contributed by atoms with Crippen molar-refractivity contribution in [1.82, 2.24) is 0 Å². The minimum absolute atomic E-state index is 0.500. The molecule has 4 heteroatoms. The fourth-order valence-electron chi connectivity index (χ4n) is 1.06. The SMILES string of the molecule is COc1cc(N=C(C)N)cc(OC)c1. The smallest absolute Gasteiger partial charge is 0.124 e. The van der Waals surface area contributed by atoms with Gasteiger partial charge in [0.05, 0.1) is 25.7 Å². The Morgan fingerprint density at radius 3 is 2.00 bits per heavy atom. The molecule has 0 aliphatic rings. The van der Waals surface area contributed by atoms with Crippen LogP contribution in [0.1, 0.15) is 6.92 Å². The summed E-state index contributed by atoms with van der Waals surface area (Å²) in [6.45, 7) is 1.73. The van der Waals surface area contributed by atoms with Crippen molar-refractivity contribution >= 4 is 11.5 Å². The Morgan fingerprint density at radius 2 is 1.64 bits per heavy atom. The highest BCUT2D eigenvalue weighted by Crippen LogP contribution is 2.27. The first-order chi connectivity index (χ1) is 6.65. The number of amidine groups is 1. The van der Waals surface area contributed by atoms with Crippen LogP contribution in [0.25, 0.3) is 0 Å². The molecular formula is C10H14N2O2. The summed E-state index contributed by atoms with van der Waals surface area (Å²) in [4.78, 5) is 4.11. The molecule has 0 aliphatic heterocycles. The van der Waals surface area contributed by atoms with Crippen LogP contribution in [0.2, 0.25) is 0 Å². The van der Waals surface area contributed by atoms with Gasteiger partial charge in [-0.25, -0.2) is 4.99 Å². The van der Waals surface area contributed by atoms with Gasteiger partial charge in [-0.2, -0.15) is 0 Å². The molecule has 0 atom stereocenters. The van der Waals surface area contributed by atoms with Gasteiger partial charge in [-0.05, 0) is 6.92 Å². The second-order valence-corrected chi connectivity index (χ2v) is 2.82. The Balaban J connectivity index is 3.10. The number of nitrogens with zero attached hydrogens (tertiary/aromatic N) is 1. The lowest BCUT2D eigenvalue weighted by Crippen LogP contribution is -2.03. The van der Waals surface area contributed by atoms with Crippen LogP contribution in [-0.4, -0.2) is 20.1 Å². The first-order valence-electron chi connectivity index (χ1n) is 4.19. The third kappa shape index (κ3) is 2.65. The molecule has 0 bridgehead atoms. The summed E-state index contributed by atoms with van der Waals surface area (Å²) in [5.41, 5.74) is 6.20. The topological polar surface area (TPSA) is 56.8 Å². The Hall–Kier alpha value is -1.71. The van der Waals surface area contributed by atoms with Gasteiger partial charge in [-0.1, -0.05) is 0 Å². The molecule has 4 nitrogen and oxygen atoms in total. The van der Waals surface area contributed by atoms with Crippen LogP contribution in [0.15, 0.2) is 23.2 Å². The Labute approximate surface area is 83.4 Å². The van der Waals surface area contributed by atoms with Crippen LogP contribution in [0, 0.1) is 0 Å². The summed E-state index contributed by atoms with van der Waals surface area (Å²) >= 11 is 0. The molecular weight excluding hydrogens is 180 g/mol. The first kappa shape index (κ1) is 10.4. The van der Waals surface area contributed by atoms with Crippen molar-refractivity contribution in [1.29, 1.82) is 0 Å². The van der Waals surface area contributed by atoms with Crippen molar-refractivity contribution in [3.05, 3.63) is 18.2 Å². The minimum atomic E-state index is 0.500. The van der Waals surface area contributed by atoms with Crippen molar-refractivity contribution in [3.63, 3.8) is 0 Å². The van der Waals surface area contributed by atoms with Crippen molar-refractivity contribution in [2.45, 2.75) is 6.92 Å². The van der Waals surface area contributed by atoms with E-state index >= 15 is 0 Å². The molecule has 0 heterocycles. The van der Waals surface area contributed by atoms with Gasteiger partial charge in [0.25, 0.3) is 0 Å². The summed E-state index contributed by atoms with van der Waals surface area (Å²) in [7, 11) is 3.19. The maximum Gasteiger partial charge on any atom is 0.124 e. The lowest BCUT2D eigenvalue weighted by Gasteiger charge is -2.05. The maximum atomic E-state index is 5.48. The first-order valence-corrected chi connectivity index (χ1v) is 4.19. The van der Waals surface area contributed by atoms with Crippen LogP contribution in [-0.2, 0) is 0 Å².